The fourth-order valence-electron chi connectivity index (χ4n) is 1.92. The summed E-state index contributed by atoms with van der Waals surface area (Å²) >= 11 is 0. The second-order valence-corrected chi connectivity index (χ2v) is 3.74. The molecule has 1 rings (SSSR count). The van der Waals surface area contributed by atoms with Gasteiger partial charge in [0.25, 0.3) is 0 Å². The first kappa shape index (κ1) is 12.0. The van der Waals surface area contributed by atoms with Gasteiger partial charge in [0, 0.05) is 5.71 Å². The number of methoxy groups -OCH3 is 1. The summed E-state index contributed by atoms with van der Waals surface area (Å²) in [5.74, 6) is -0.246. The fourth-order valence-corrected chi connectivity index (χ4v) is 1.92. The molecule has 3 nitrogen and oxygen atoms in total. The van der Waals surface area contributed by atoms with Crippen LogP contribution < -0.4 is 0 Å². The summed E-state index contributed by atoms with van der Waals surface area (Å²) in [5.41, 5.74) is 1.94. The molecule has 0 saturated carbocycles. The third-order valence-electron chi connectivity index (χ3n) is 2.67. The maximum absolute atomic E-state index is 11.4. The van der Waals surface area contributed by atoms with E-state index in [9.17, 15) is 4.79 Å². The fraction of sp³-hybridized carbons (Fsp3) is 0.667. The van der Waals surface area contributed by atoms with E-state index in [0.29, 0.717) is 5.57 Å². The molecule has 0 amide bonds. The molecule has 0 unspecified atom stereocenters. The van der Waals surface area contributed by atoms with Crippen molar-refractivity contribution in [3.05, 3.63) is 11.6 Å². The number of esters is 1. The molecule has 0 aromatic rings. The molecule has 1 atom stereocenters. The second kappa shape index (κ2) is 5.69. The van der Waals surface area contributed by atoms with Gasteiger partial charge in [0.15, 0.2) is 0 Å². The van der Waals surface area contributed by atoms with E-state index in [2.05, 4.69) is 11.9 Å². The smallest absolute Gasteiger partial charge is 0.335 e. The summed E-state index contributed by atoms with van der Waals surface area (Å²) in [6.45, 7) is 4.01. The number of nitrogens with zero attached hydrogens (tertiary/aromatic N) is 1. The van der Waals surface area contributed by atoms with E-state index in [1.807, 2.05) is 13.0 Å². The van der Waals surface area contributed by atoms with Crippen LogP contribution in [0.15, 0.2) is 16.6 Å². The van der Waals surface area contributed by atoms with Crippen molar-refractivity contribution >= 4 is 11.7 Å². The van der Waals surface area contributed by atoms with Gasteiger partial charge in [0.2, 0.25) is 0 Å². The monoisotopic (exact) mass is 209 g/mol. The summed E-state index contributed by atoms with van der Waals surface area (Å²) in [7, 11) is 1.41. The third kappa shape index (κ3) is 2.91. The Hall–Kier alpha value is -1.12. The highest BCUT2D eigenvalue weighted by Gasteiger charge is 2.24. The minimum atomic E-state index is -0.246. The molecule has 0 aromatic carbocycles. The van der Waals surface area contributed by atoms with Crippen LogP contribution in [-0.2, 0) is 9.53 Å². The zero-order chi connectivity index (χ0) is 11.3. The maximum Gasteiger partial charge on any atom is 0.335 e. The number of carbonyl (C=O) groups is 1. The molecule has 0 aromatic heterocycles. The van der Waals surface area contributed by atoms with E-state index in [4.69, 9.17) is 4.74 Å². The number of hydrogen-bond donors (Lipinski definition) is 0. The highest BCUT2D eigenvalue weighted by molar-refractivity contribution is 5.93. The van der Waals surface area contributed by atoms with Crippen LogP contribution in [0.5, 0.6) is 0 Å². The van der Waals surface area contributed by atoms with Crippen molar-refractivity contribution in [2.75, 3.05) is 7.11 Å². The van der Waals surface area contributed by atoms with E-state index in [-0.39, 0.29) is 12.0 Å². The van der Waals surface area contributed by atoms with Crippen LogP contribution in [0.3, 0.4) is 0 Å². The normalized spacial score (nSPS) is 21.4. The molecule has 0 radical (unpaired) electrons. The second-order valence-electron chi connectivity index (χ2n) is 3.74. The number of allylic oxidation sites excluding steroid dienone is 1. The van der Waals surface area contributed by atoms with E-state index in [1.54, 1.807) is 0 Å². The van der Waals surface area contributed by atoms with Gasteiger partial charge in [-0.05, 0) is 26.2 Å². The summed E-state index contributed by atoms with van der Waals surface area (Å²) in [4.78, 5) is 16.0. The molecule has 0 saturated heterocycles. The molecule has 84 valence electrons. The zero-order valence-corrected chi connectivity index (χ0v) is 9.75. The quantitative estimate of drug-likeness (QED) is 0.527. The van der Waals surface area contributed by atoms with E-state index >= 15 is 0 Å². The molecule has 15 heavy (non-hydrogen) atoms. The summed E-state index contributed by atoms with van der Waals surface area (Å²) in [6.07, 6.45) is 5.95. The molecule has 1 aliphatic heterocycles. The van der Waals surface area contributed by atoms with Crippen molar-refractivity contribution in [1.82, 2.24) is 0 Å². The lowest BCUT2D eigenvalue weighted by atomic mass is 10.0. The van der Waals surface area contributed by atoms with Gasteiger partial charge < -0.3 is 4.74 Å². The van der Waals surface area contributed by atoms with Crippen molar-refractivity contribution in [2.45, 2.75) is 45.6 Å². The lowest BCUT2D eigenvalue weighted by Gasteiger charge is -2.08. The molecule has 0 fully saturated rings. The highest BCUT2D eigenvalue weighted by atomic mass is 16.5. The minimum Gasteiger partial charge on any atom is -0.466 e. The number of rotatable bonds is 4. The van der Waals surface area contributed by atoms with Gasteiger partial charge in [-0.25, -0.2) is 4.79 Å². The number of carbonyl (C=O) groups excluding carboxylic acids is 1. The Bertz CT molecular complexity index is 292. The van der Waals surface area contributed by atoms with Crippen molar-refractivity contribution < 1.29 is 9.53 Å². The minimum absolute atomic E-state index is 0.0315. The Morgan fingerprint density at radius 2 is 2.40 bits per heavy atom. The molecule has 0 aliphatic carbocycles. The molecular weight excluding hydrogens is 190 g/mol. The maximum atomic E-state index is 11.4. The Morgan fingerprint density at radius 1 is 1.67 bits per heavy atom. The Labute approximate surface area is 91.2 Å². The van der Waals surface area contributed by atoms with Gasteiger partial charge in [-0.2, -0.15) is 0 Å². The van der Waals surface area contributed by atoms with E-state index in [1.165, 1.54) is 12.8 Å². The Balaban J connectivity index is 2.69. The summed E-state index contributed by atoms with van der Waals surface area (Å²) in [6, 6.07) is 0.0315. The van der Waals surface area contributed by atoms with E-state index in [0.717, 1.165) is 25.7 Å². The van der Waals surface area contributed by atoms with Gasteiger partial charge in [0.05, 0.1) is 18.7 Å². The molecule has 1 aliphatic rings. The topological polar surface area (TPSA) is 38.7 Å². The molecule has 1 heterocycles. The summed E-state index contributed by atoms with van der Waals surface area (Å²) in [5, 5.41) is 0. The highest BCUT2D eigenvalue weighted by Crippen LogP contribution is 2.23. The molecule has 3 heteroatoms. The predicted octanol–water partition coefficient (Wildman–Crippen LogP) is 2.51. The SMILES string of the molecule is C/C=C(\C(=O)OC)[C@@H]1CCC(CCC)=N1. The van der Waals surface area contributed by atoms with Crippen molar-refractivity contribution in [1.29, 1.82) is 0 Å². The van der Waals surface area contributed by atoms with Crippen LogP contribution in [0.4, 0.5) is 0 Å². The summed E-state index contributed by atoms with van der Waals surface area (Å²) < 4.78 is 4.73. The molecular formula is C12H19NO2. The van der Waals surface area contributed by atoms with Crippen molar-refractivity contribution in [3.63, 3.8) is 0 Å². The Morgan fingerprint density at radius 3 is 2.93 bits per heavy atom. The van der Waals surface area contributed by atoms with Crippen LogP contribution in [0.25, 0.3) is 0 Å². The average Bonchev–Trinajstić information content (AvgIpc) is 2.68. The van der Waals surface area contributed by atoms with Gasteiger partial charge in [-0.15, -0.1) is 0 Å². The van der Waals surface area contributed by atoms with Crippen LogP contribution in [0.2, 0.25) is 0 Å². The number of ether oxygens (including phenoxy) is 1. The van der Waals surface area contributed by atoms with Crippen LogP contribution >= 0.6 is 0 Å². The average molecular weight is 209 g/mol. The van der Waals surface area contributed by atoms with Gasteiger partial charge in [-0.3, -0.25) is 4.99 Å². The first-order valence-electron chi connectivity index (χ1n) is 5.53. The standard InChI is InChI=1S/C12H19NO2/c1-4-6-9-7-8-11(13-9)10(5-2)12(14)15-3/h5,11H,4,6-8H2,1-3H3/b10-5-/t11-/m0/s1. The van der Waals surface area contributed by atoms with E-state index < -0.39 is 0 Å². The van der Waals surface area contributed by atoms with Crippen molar-refractivity contribution in [2.24, 2.45) is 4.99 Å². The first-order valence-corrected chi connectivity index (χ1v) is 5.53. The predicted molar refractivity (Wildman–Crippen MR) is 61.1 cm³/mol. The molecule has 0 N–H and O–H groups in total. The lowest BCUT2D eigenvalue weighted by Crippen LogP contribution is -2.15. The molecule has 0 bridgehead atoms. The zero-order valence-electron chi connectivity index (χ0n) is 9.75. The van der Waals surface area contributed by atoms with Gasteiger partial charge in [0.1, 0.15) is 0 Å². The van der Waals surface area contributed by atoms with Crippen LogP contribution in [-0.4, -0.2) is 24.8 Å². The third-order valence-corrected chi connectivity index (χ3v) is 2.67. The number of aliphatic imine (C=N–C) groups is 1. The van der Waals surface area contributed by atoms with Crippen LogP contribution in [0.1, 0.15) is 39.5 Å². The van der Waals surface area contributed by atoms with Crippen LogP contribution in [0, 0.1) is 0 Å². The first-order chi connectivity index (χ1) is 7.22. The van der Waals surface area contributed by atoms with Gasteiger partial charge >= 0.3 is 5.97 Å². The number of hydrogen-bond acceptors (Lipinski definition) is 3. The van der Waals surface area contributed by atoms with Gasteiger partial charge in [-0.1, -0.05) is 19.4 Å². The largest absolute Gasteiger partial charge is 0.466 e. The molecule has 0 spiro atoms. The lowest BCUT2D eigenvalue weighted by molar-refractivity contribution is -0.136. The van der Waals surface area contributed by atoms with Crippen molar-refractivity contribution in [3.8, 4) is 0 Å². The Kier molecular flexibility index (Phi) is 4.53.